The quantitative estimate of drug-likeness (QED) is 0.566. The van der Waals surface area contributed by atoms with Crippen LogP contribution in [0.3, 0.4) is 0 Å². The summed E-state index contributed by atoms with van der Waals surface area (Å²) in [7, 11) is -3.33. The highest BCUT2D eigenvalue weighted by molar-refractivity contribution is 7.90. The van der Waals surface area contributed by atoms with Crippen LogP contribution in [0.1, 0.15) is 10.4 Å². The lowest BCUT2D eigenvalue weighted by Crippen LogP contribution is -2.16. The van der Waals surface area contributed by atoms with Gasteiger partial charge in [0.1, 0.15) is 0 Å². The zero-order chi connectivity index (χ0) is 19.8. The number of nitrogens with zero attached hydrogens (tertiary/aromatic N) is 2. The van der Waals surface area contributed by atoms with Gasteiger partial charge in [-0.1, -0.05) is 40.6 Å². The standard InChI is InChI=1S/C18H14Cl2N2O3S2/c1-3-10-22-15-13(19)8-9-14(20)16(15)26-18(22)21-17(23)11-4-6-12(7-5-11)27(2,24)25/h3-9H,1,10H2,2H3. The van der Waals surface area contributed by atoms with Crippen LogP contribution in [0.5, 0.6) is 0 Å². The molecule has 0 N–H and O–H groups in total. The summed E-state index contributed by atoms with van der Waals surface area (Å²) in [4.78, 5) is 17.3. The molecule has 0 fully saturated rings. The Labute approximate surface area is 170 Å². The van der Waals surface area contributed by atoms with Crippen molar-refractivity contribution < 1.29 is 13.2 Å². The van der Waals surface area contributed by atoms with Crippen LogP contribution in [-0.4, -0.2) is 25.1 Å². The molecule has 0 aliphatic heterocycles. The van der Waals surface area contributed by atoms with Crippen LogP contribution >= 0.6 is 34.5 Å². The van der Waals surface area contributed by atoms with Crippen LogP contribution in [-0.2, 0) is 16.4 Å². The lowest BCUT2D eigenvalue weighted by molar-refractivity contribution is 0.0998. The molecule has 1 amide bonds. The zero-order valence-corrected chi connectivity index (χ0v) is 17.3. The van der Waals surface area contributed by atoms with Crippen molar-refractivity contribution >= 4 is 60.5 Å². The number of allylic oxidation sites excluding steroid dienone is 1. The molecule has 0 saturated carbocycles. The number of rotatable bonds is 4. The molecule has 5 nitrogen and oxygen atoms in total. The summed E-state index contributed by atoms with van der Waals surface area (Å²) in [6.07, 6.45) is 2.78. The second-order valence-corrected chi connectivity index (χ2v) is 9.51. The molecular weight excluding hydrogens is 427 g/mol. The SMILES string of the molecule is C=CCn1c(=NC(=O)c2ccc(S(C)(=O)=O)cc2)sc2c(Cl)ccc(Cl)c21. The minimum atomic E-state index is -3.33. The third-order valence-corrected chi connectivity index (χ3v) is 6.74. The van der Waals surface area contributed by atoms with Gasteiger partial charge in [-0.25, -0.2) is 8.42 Å². The molecule has 2 aromatic carbocycles. The van der Waals surface area contributed by atoms with E-state index in [-0.39, 0.29) is 10.5 Å². The van der Waals surface area contributed by atoms with Crippen molar-refractivity contribution in [3.8, 4) is 0 Å². The van der Waals surface area contributed by atoms with Gasteiger partial charge in [-0.2, -0.15) is 4.99 Å². The fourth-order valence-electron chi connectivity index (χ4n) is 2.49. The number of thiazole rings is 1. The lowest BCUT2D eigenvalue weighted by Gasteiger charge is -2.03. The molecule has 0 bridgehead atoms. The van der Waals surface area contributed by atoms with E-state index in [1.807, 2.05) is 0 Å². The Morgan fingerprint density at radius 2 is 1.81 bits per heavy atom. The van der Waals surface area contributed by atoms with Crippen LogP contribution in [0.25, 0.3) is 10.2 Å². The highest BCUT2D eigenvalue weighted by Gasteiger charge is 2.14. The monoisotopic (exact) mass is 440 g/mol. The van der Waals surface area contributed by atoms with Gasteiger partial charge in [0.2, 0.25) is 0 Å². The van der Waals surface area contributed by atoms with Crippen LogP contribution in [0.15, 0.2) is 58.9 Å². The van der Waals surface area contributed by atoms with Crippen molar-refractivity contribution in [2.75, 3.05) is 6.26 Å². The minimum absolute atomic E-state index is 0.140. The number of hydrogen-bond donors (Lipinski definition) is 0. The van der Waals surface area contributed by atoms with E-state index in [0.29, 0.717) is 26.9 Å². The predicted octanol–water partition coefficient (Wildman–Crippen LogP) is 4.34. The average molecular weight is 441 g/mol. The average Bonchev–Trinajstić information content (AvgIpc) is 2.97. The Morgan fingerprint density at radius 1 is 1.19 bits per heavy atom. The van der Waals surface area contributed by atoms with E-state index in [1.54, 1.807) is 22.8 Å². The summed E-state index contributed by atoms with van der Waals surface area (Å²) in [6.45, 7) is 4.13. The fourth-order valence-corrected chi connectivity index (χ4v) is 4.77. The summed E-state index contributed by atoms with van der Waals surface area (Å²) < 4.78 is 25.6. The van der Waals surface area contributed by atoms with Crippen LogP contribution in [0.2, 0.25) is 10.0 Å². The first-order chi connectivity index (χ1) is 12.7. The van der Waals surface area contributed by atoms with Crippen molar-refractivity contribution in [3.63, 3.8) is 0 Å². The number of halogens is 2. The van der Waals surface area contributed by atoms with E-state index in [9.17, 15) is 13.2 Å². The van der Waals surface area contributed by atoms with Gasteiger partial charge in [0, 0.05) is 18.4 Å². The number of carbonyl (C=O) groups is 1. The maximum Gasteiger partial charge on any atom is 0.279 e. The number of amides is 1. The van der Waals surface area contributed by atoms with E-state index in [4.69, 9.17) is 23.2 Å². The molecule has 9 heteroatoms. The number of sulfone groups is 1. The van der Waals surface area contributed by atoms with Crippen LogP contribution in [0.4, 0.5) is 0 Å². The van der Waals surface area contributed by atoms with Gasteiger partial charge in [-0.3, -0.25) is 4.79 Å². The van der Waals surface area contributed by atoms with Gasteiger partial charge in [0.15, 0.2) is 14.6 Å². The summed E-state index contributed by atoms with van der Waals surface area (Å²) in [6, 6.07) is 9.02. The molecule has 0 saturated heterocycles. The Bertz CT molecular complexity index is 1220. The first kappa shape index (κ1) is 19.8. The Hall–Kier alpha value is -1.93. The van der Waals surface area contributed by atoms with Gasteiger partial charge in [0.05, 0.1) is 25.2 Å². The third kappa shape index (κ3) is 4.01. The van der Waals surface area contributed by atoms with E-state index in [2.05, 4.69) is 11.6 Å². The largest absolute Gasteiger partial charge is 0.311 e. The predicted molar refractivity (Wildman–Crippen MR) is 109 cm³/mol. The Kier molecular flexibility index (Phi) is 5.58. The summed E-state index contributed by atoms with van der Waals surface area (Å²) in [5.41, 5.74) is 0.968. The highest BCUT2D eigenvalue weighted by Crippen LogP contribution is 2.31. The zero-order valence-electron chi connectivity index (χ0n) is 14.1. The molecule has 0 atom stereocenters. The van der Waals surface area contributed by atoms with Crippen molar-refractivity contribution in [3.05, 3.63) is 69.5 Å². The molecule has 140 valence electrons. The molecule has 1 heterocycles. The fraction of sp³-hybridized carbons (Fsp3) is 0.111. The number of hydrogen-bond acceptors (Lipinski definition) is 4. The summed E-state index contributed by atoms with van der Waals surface area (Å²) >= 11 is 13.8. The second-order valence-electron chi connectivity index (χ2n) is 5.70. The maximum absolute atomic E-state index is 12.6. The first-order valence-corrected chi connectivity index (χ1v) is 11.2. The smallest absolute Gasteiger partial charge is 0.279 e. The molecule has 0 aliphatic carbocycles. The normalized spacial score (nSPS) is 12.5. The van der Waals surface area contributed by atoms with Gasteiger partial charge >= 0.3 is 0 Å². The number of aromatic nitrogens is 1. The highest BCUT2D eigenvalue weighted by atomic mass is 35.5. The van der Waals surface area contributed by atoms with Crippen molar-refractivity contribution in [1.82, 2.24) is 4.57 Å². The van der Waals surface area contributed by atoms with E-state index >= 15 is 0 Å². The molecule has 1 aromatic heterocycles. The van der Waals surface area contributed by atoms with Gasteiger partial charge in [-0.05, 0) is 36.4 Å². The topological polar surface area (TPSA) is 68.5 Å². The van der Waals surface area contributed by atoms with E-state index in [1.165, 1.54) is 35.6 Å². The maximum atomic E-state index is 12.6. The molecule has 3 aromatic rings. The second kappa shape index (κ2) is 7.59. The van der Waals surface area contributed by atoms with Gasteiger partial charge in [-0.15, -0.1) is 6.58 Å². The molecule has 0 spiro atoms. The molecule has 27 heavy (non-hydrogen) atoms. The molecule has 0 unspecified atom stereocenters. The first-order valence-electron chi connectivity index (χ1n) is 7.70. The number of carbonyl (C=O) groups excluding carboxylic acids is 1. The van der Waals surface area contributed by atoms with E-state index < -0.39 is 15.7 Å². The van der Waals surface area contributed by atoms with Gasteiger partial charge in [0.25, 0.3) is 5.91 Å². The lowest BCUT2D eigenvalue weighted by atomic mass is 10.2. The van der Waals surface area contributed by atoms with Crippen molar-refractivity contribution in [1.29, 1.82) is 0 Å². The Morgan fingerprint density at radius 3 is 2.41 bits per heavy atom. The molecular formula is C18H14Cl2N2O3S2. The molecule has 0 radical (unpaired) electrons. The third-order valence-electron chi connectivity index (χ3n) is 3.77. The summed E-state index contributed by atoms with van der Waals surface area (Å²) in [5.74, 6) is -0.494. The minimum Gasteiger partial charge on any atom is -0.311 e. The van der Waals surface area contributed by atoms with Gasteiger partial charge < -0.3 is 4.57 Å². The molecule has 3 rings (SSSR count). The Balaban J connectivity index is 2.14. The summed E-state index contributed by atoms with van der Waals surface area (Å²) in [5, 5.41) is 1.02. The van der Waals surface area contributed by atoms with E-state index in [0.717, 1.165) is 11.0 Å². The van der Waals surface area contributed by atoms with Crippen molar-refractivity contribution in [2.45, 2.75) is 11.4 Å². The van der Waals surface area contributed by atoms with Crippen LogP contribution < -0.4 is 4.80 Å². The van der Waals surface area contributed by atoms with Crippen LogP contribution in [0, 0.1) is 0 Å². The molecule has 0 aliphatic rings. The number of benzene rings is 2. The number of fused-ring (bicyclic) bond motifs is 1. The van der Waals surface area contributed by atoms with Crippen molar-refractivity contribution in [2.24, 2.45) is 4.99 Å².